The summed E-state index contributed by atoms with van der Waals surface area (Å²) in [5, 5.41) is 2.14. The van der Waals surface area contributed by atoms with E-state index in [0.29, 0.717) is 12.5 Å². The minimum atomic E-state index is 0.290. The number of rotatable bonds is 5. The van der Waals surface area contributed by atoms with Crippen LogP contribution in [-0.4, -0.2) is 42.5 Å². The average molecular weight is 371 g/mol. The maximum Gasteiger partial charge on any atom is 0.224 e. The van der Waals surface area contributed by atoms with Gasteiger partial charge in [-0.1, -0.05) is 12.1 Å². The topological polar surface area (TPSA) is 32.8 Å². The first-order valence-electron chi connectivity index (χ1n) is 9.45. The van der Waals surface area contributed by atoms with Gasteiger partial charge in [-0.25, -0.2) is 0 Å². The van der Waals surface area contributed by atoms with Gasteiger partial charge in [0, 0.05) is 37.0 Å². The minimum Gasteiger partial charge on any atom is -0.497 e. The Morgan fingerprint density at radius 2 is 2.23 bits per heavy atom. The number of nitrogens with zero attached hydrogens (tertiary/aromatic N) is 2. The molecule has 1 saturated heterocycles. The van der Waals surface area contributed by atoms with Gasteiger partial charge in [0.25, 0.3) is 0 Å². The van der Waals surface area contributed by atoms with Crippen molar-refractivity contribution in [3.63, 3.8) is 0 Å². The first-order chi connectivity index (χ1) is 12.7. The van der Waals surface area contributed by atoms with E-state index in [0.717, 1.165) is 44.8 Å². The molecule has 3 heterocycles. The highest BCUT2D eigenvalue weighted by Gasteiger charge is 2.28. The maximum absolute atomic E-state index is 12.7. The van der Waals surface area contributed by atoms with Gasteiger partial charge in [0.1, 0.15) is 5.75 Å². The molecule has 0 bridgehead atoms. The van der Waals surface area contributed by atoms with Crippen LogP contribution in [0.3, 0.4) is 0 Å². The largest absolute Gasteiger partial charge is 0.497 e. The molecular weight excluding hydrogens is 344 g/mol. The Balaban J connectivity index is 1.35. The summed E-state index contributed by atoms with van der Waals surface area (Å²) in [6.45, 7) is 3.57. The second-order valence-electron chi connectivity index (χ2n) is 7.15. The third kappa shape index (κ3) is 3.64. The molecule has 1 amide bonds. The molecule has 0 N–H and O–H groups in total. The number of hydrogen-bond acceptors (Lipinski definition) is 4. The first-order valence-corrected chi connectivity index (χ1v) is 10.3. The molecule has 4 nitrogen and oxygen atoms in total. The zero-order valence-corrected chi connectivity index (χ0v) is 16.1. The molecule has 1 fully saturated rings. The lowest BCUT2D eigenvalue weighted by atomic mass is 10.0. The van der Waals surface area contributed by atoms with Crippen molar-refractivity contribution in [2.75, 3.05) is 26.7 Å². The highest BCUT2D eigenvalue weighted by atomic mass is 32.1. The van der Waals surface area contributed by atoms with E-state index in [4.69, 9.17) is 4.74 Å². The number of carbonyl (C=O) groups is 1. The Morgan fingerprint density at radius 1 is 1.31 bits per heavy atom. The smallest absolute Gasteiger partial charge is 0.224 e. The zero-order valence-electron chi connectivity index (χ0n) is 15.3. The molecule has 2 aromatic rings. The van der Waals surface area contributed by atoms with Gasteiger partial charge in [0.15, 0.2) is 0 Å². The van der Waals surface area contributed by atoms with Crippen molar-refractivity contribution in [1.29, 1.82) is 0 Å². The van der Waals surface area contributed by atoms with Gasteiger partial charge < -0.3 is 9.64 Å². The fourth-order valence-corrected chi connectivity index (χ4v) is 5.07. The van der Waals surface area contributed by atoms with Crippen LogP contribution in [0.4, 0.5) is 0 Å². The summed E-state index contributed by atoms with van der Waals surface area (Å²) >= 11 is 1.82. The number of thiophene rings is 1. The van der Waals surface area contributed by atoms with E-state index in [1.54, 1.807) is 7.11 Å². The van der Waals surface area contributed by atoms with Gasteiger partial charge >= 0.3 is 0 Å². The molecule has 0 saturated carbocycles. The monoisotopic (exact) mass is 370 g/mol. The normalized spacial score (nSPS) is 20.2. The molecule has 2 aliphatic heterocycles. The third-order valence-electron chi connectivity index (χ3n) is 5.62. The minimum absolute atomic E-state index is 0.290. The van der Waals surface area contributed by atoms with Crippen LogP contribution in [0.25, 0.3) is 0 Å². The van der Waals surface area contributed by atoms with E-state index in [1.165, 1.54) is 22.4 Å². The molecule has 2 aliphatic rings. The SMILES string of the molecule is COc1cccc(C2CCCN2CCC(=O)N2CCc3sccc3C2)c1. The number of amides is 1. The summed E-state index contributed by atoms with van der Waals surface area (Å²) in [6, 6.07) is 10.9. The molecule has 1 unspecified atom stereocenters. The van der Waals surface area contributed by atoms with Crippen LogP contribution in [0.2, 0.25) is 0 Å². The van der Waals surface area contributed by atoms with Crippen LogP contribution in [0, 0.1) is 0 Å². The molecule has 0 spiro atoms. The van der Waals surface area contributed by atoms with Gasteiger partial charge in [-0.05, 0) is 60.5 Å². The Bertz CT molecular complexity index is 773. The molecule has 138 valence electrons. The Labute approximate surface area is 159 Å². The fourth-order valence-electron chi connectivity index (χ4n) is 4.18. The van der Waals surface area contributed by atoms with E-state index in [1.807, 2.05) is 22.3 Å². The lowest BCUT2D eigenvalue weighted by molar-refractivity contribution is -0.132. The number of ether oxygens (including phenoxy) is 1. The van der Waals surface area contributed by atoms with Crippen molar-refractivity contribution in [2.24, 2.45) is 0 Å². The lowest BCUT2D eigenvalue weighted by Crippen LogP contribution is -2.37. The van der Waals surface area contributed by atoms with Crippen molar-refractivity contribution in [3.8, 4) is 5.75 Å². The van der Waals surface area contributed by atoms with Gasteiger partial charge in [-0.15, -0.1) is 11.3 Å². The van der Waals surface area contributed by atoms with Gasteiger partial charge in [-0.3, -0.25) is 9.69 Å². The van der Waals surface area contributed by atoms with Crippen LogP contribution in [0.15, 0.2) is 35.7 Å². The number of likely N-dealkylation sites (tertiary alicyclic amines) is 1. The molecule has 0 radical (unpaired) electrons. The number of fused-ring (bicyclic) bond motifs is 1. The van der Waals surface area contributed by atoms with E-state index in [2.05, 4.69) is 34.5 Å². The summed E-state index contributed by atoms with van der Waals surface area (Å²) < 4.78 is 5.37. The Kier molecular flexibility index (Phi) is 5.27. The molecule has 1 atom stereocenters. The van der Waals surface area contributed by atoms with Crippen LogP contribution in [0.1, 0.15) is 41.3 Å². The number of hydrogen-bond donors (Lipinski definition) is 0. The summed E-state index contributed by atoms with van der Waals surface area (Å²) in [6.07, 6.45) is 3.97. The number of carbonyl (C=O) groups excluding carboxylic acids is 1. The standard InChI is InChI=1S/C21H26N2O2S/c1-25-18-5-2-4-16(14-18)19-6-3-10-22(19)12-8-21(24)23-11-7-20-17(15-23)9-13-26-20/h2,4-5,9,13-14,19H,3,6-8,10-12,15H2,1H3. The van der Waals surface area contributed by atoms with Crippen molar-refractivity contribution in [1.82, 2.24) is 9.80 Å². The van der Waals surface area contributed by atoms with Crippen molar-refractivity contribution >= 4 is 17.2 Å². The van der Waals surface area contributed by atoms with Crippen LogP contribution < -0.4 is 4.74 Å². The number of benzene rings is 1. The predicted octanol–water partition coefficient (Wildman–Crippen LogP) is 3.87. The molecule has 4 rings (SSSR count). The van der Waals surface area contributed by atoms with Crippen LogP contribution in [-0.2, 0) is 17.8 Å². The van der Waals surface area contributed by atoms with Gasteiger partial charge in [-0.2, -0.15) is 0 Å². The Hall–Kier alpha value is -1.85. The second kappa shape index (κ2) is 7.80. The predicted molar refractivity (Wildman–Crippen MR) is 105 cm³/mol. The first kappa shape index (κ1) is 17.6. The van der Waals surface area contributed by atoms with Crippen molar-refractivity contribution < 1.29 is 9.53 Å². The second-order valence-corrected chi connectivity index (χ2v) is 8.16. The fraction of sp³-hybridized carbons (Fsp3) is 0.476. The average Bonchev–Trinajstić information content (AvgIpc) is 3.34. The number of methoxy groups -OCH3 is 1. The van der Waals surface area contributed by atoms with Crippen LogP contribution in [0.5, 0.6) is 5.75 Å². The van der Waals surface area contributed by atoms with E-state index >= 15 is 0 Å². The zero-order chi connectivity index (χ0) is 17.9. The molecular formula is C21H26N2O2S. The third-order valence-corrected chi connectivity index (χ3v) is 6.64. The summed E-state index contributed by atoms with van der Waals surface area (Å²) in [4.78, 5) is 18.7. The highest BCUT2D eigenvalue weighted by Crippen LogP contribution is 2.33. The quantitative estimate of drug-likeness (QED) is 0.801. The summed E-state index contributed by atoms with van der Waals surface area (Å²) in [5.74, 6) is 1.20. The van der Waals surface area contributed by atoms with Crippen LogP contribution >= 0.6 is 11.3 Å². The highest BCUT2D eigenvalue weighted by molar-refractivity contribution is 7.10. The molecule has 0 aliphatic carbocycles. The lowest BCUT2D eigenvalue weighted by Gasteiger charge is -2.29. The van der Waals surface area contributed by atoms with Crippen molar-refractivity contribution in [2.45, 2.75) is 38.3 Å². The van der Waals surface area contributed by atoms with E-state index < -0.39 is 0 Å². The van der Waals surface area contributed by atoms with Gasteiger partial charge in [0.2, 0.25) is 5.91 Å². The summed E-state index contributed by atoms with van der Waals surface area (Å²) in [5.41, 5.74) is 2.64. The van der Waals surface area contributed by atoms with Gasteiger partial charge in [0.05, 0.1) is 7.11 Å². The molecule has 1 aromatic carbocycles. The Morgan fingerprint density at radius 3 is 3.12 bits per heavy atom. The van der Waals surface area contributed by atoms with E-state index in [-0.39, 0.29) is 5.91 Å². The molecule has 26 heavy (non-hydrogen) atoms. The maximum atomic E-state index is 12.7. The summed E-state index contributed by atoms with van der Waals surface area (Å²) in [7, 11) is 1.71. The molecule has 5 heteroatoms. The van der Waals surface area contributed by atoms with Crippen molar-refractivity contribution in [3.05, 3.63) is 51.7 Å². The van der Waals surface area contributed by atoms with E-state index in [9.17, 15) is 4.79 Å². The molecule has 1 aromatic heterocycles.